The number of ketones is 1. The largest absolute Gasteiger partial charge is 0.341 e. The van der Waals surface area contributed by atoms with E-state index in [1.165, 1.54) is 27.4 Å². The molecule has 0 bridgehead atoms. The summed E-state index contributed by atoms with van der Waals surface area (Å²) < 4.78 is 2.30. The lowest BCUT2D eigenvalue weighted by Crippen LogP contribution is -1.94. The second-order valence-electron chi connectivity index (χ2n) is 5.05. The summed E-state index contributed by atoms with van der Waals surface area (Å²) in [4.78, 5) is 11.6. The Labute approximate surface area is 112 Å². The number of Topliss-reactive ketones (excluding diaryl/α,β-unsaturated/α-hetero) is 1. The molecule has 0 unspecified atom stereocenters. The monoisotopic (exact) mass is 251 g/mol. The van der Waals surface area contributed by atoms with Crippen LogP contribution < -0.4 is 0 Å². The van der Waals surface area contributed by atoms with Gasteiger partial charge in [-0.3, -0.25) is 4.79 Å². The fraction of sp³-hybridized carbons (Fsp3) is 0.235. The van der Waals surface area contributed by atoms with Crippen LogP contribution in [0.25, 0.3) is 21.8 Å². The van der Waals surface area contributed by atoms with Gasteiger partial charge in [-0.2, -0.15) is 0 Å². The fourth-order valence-electron chi connectivity index (χ4n) is 2.78. The molecular formula is C17H17NO. The summed E-state index contributed by atoms with van der Waals surface area (Å²) in [7, 11) is 0. The number of carbonyl (C=O) groups excluding carboxylic acids is 1. The first kappa shape index (κ1) is 12.0. The van der Waals surface area contributed by atoms with Gasteiger partial charge in [0.2, 0.25) is 0 Å². The summed E-state index contributed by atoms with van der Waals surface area (Å²) in [6.07, 6.45) is 0. The van der Waals surface area contributed by atoms with Gasteiger partial charge in [-0.25, -0.2) is 0 Å². The Morgan fingerprint density at radius 2 is 1.68 bits per heavy atom. The molecule has 0 aliphatic heterocycles. The normalized spacial score (nSPS) is 11.3. The zero-order valence-electron chi connectivity index (χ0n) is 11.5. The van der Waals surface area contributed by atoms with Gasteiger partial charge in [-0.1, -0.05) is 11.6 Å². The standard InChI is InChI=1S/C17H17NO/c1-4-18-16-7-5-11(2)9-14(16)15-10-13(12(3)19)6-8-17(15)18/h5-10H,4H2,1-3H3. The molecule has 0 aliphatic rings. The van der Waals surface area contributed by atoms with Gasteiger partial charge in [0.1, 0.15) is 0 Å². The van der Waals surface area contributed by atoms with Crippen LogP contribution in [-0.2, 0) is 6.54 Å². The van der Waals surface area contributed by atoms with Gasteiger partial charge in [0, 0.05) is 33.9 Å². The van der Waals surface area contributed by atoms with E-state index in [4.69, 9.17) is 0 Å². The molecule has 0 aliphatic carbocycles. The average Bonchev–Trinajstić information content (AvgIpc) is 2.71. The van der Waals surface area contributed by atoms with Crippen LogP contribution in [0, 0.1) is 6.92 Å². The number of fused-ring (bicyclic) bond motifs is 3. The summed E-state index contributed by atoms with van der Waals surface area (Å²) in [5, 5.41) is 2.41. The van der Waals surface area contributed by atoms with E-state index in [9.17, 15) is 4.79 Å². The maximum Gasteiger partial charge on any atom is 0.159 e. The van der Waals surface area contributed by atoms with Crippen molar-refractivity contribution in [2.45, 2.75) is 27.3 Å². The zero-order chi connectivity index (χ0) is 13.6. The smallest absolute Gasteiger partial charge is 0.159 e. The summed E-state index contributed by atoms with van der Waals surface area (Å²) in [5.41, 5.74) is 4.47. The molecule has 0 atom stereocenters. The van der Waals surface area contributed by atoms with Crippen molar-refractivity contribution in [1.82, 2.24) is 4.57 Å². The highest BCUT2D eigenvalue weighted by Crippen LogP contribution is 2.30. The van der Waals surface area contributed by atoms with Crippen LogP contribution in [0.1, 0.15) is 29.8 Å². The molecule has 0 saturated carbocycles. The molecule has 0 fully saturated rings. The van der Waals surface area contributed by atoms with Crippen LogP contribution in [0.15, 0.2) is 36.4 Å². The van der Waals surface area contributed by atoms with Crippen molar-refractivity contribution in [3.05, 3.63) is 47.5 Å². The highest BCUT2D eigenvalue weighted by atomic mass is 16.1. The second kappa shape index (κ2) is 4.23. The second-order valence-corrected chi connectivity index (χ2v) is 5.05. The van der Waals surface area contributed by atoms with Crippen molar-refractivity contribution in [1.29, 1.82) is 0 Å². The Balaban J connectivity index is 2.49. The van der Waals surface area contributed by atoms with Crippen LogP contribution in [0.5, 0.6) is 0 Å². The minimum absolute atomic E-state index is 0.118. The number of nitrogens with zero attached hydrogens (tertiary/aromatic N) is 1. The lowest BCUT2D eigenvalue weighted by molar-refractivity contribution is 0.101. The Hall–Kier alpha value is -2.09. The van der Waals surface area contributed by atoms with Gasteiger partial charge in [0.15, 0.2) is 5.78 Å². The summed E-state index contributed by atoms with van der Waals surface area (Å²) in [6.45, 7) is 6.80. The predicted octanol–water partition coefficient (Wildman–Crippen LogP) is 4.33. The third kappa shape index (κ3) is 1.75. The Morgan fingerprint density at radius 3 is 2.32 bits per heavy atom. The van der Waals surface area contributed by atoms with Crippen molar-refractivity contribution < 1.29 is 4.79 Å². The number of aryl methyl sites for hydroxylation is 2. The first-order valence-electron chi connectivity index (χ1n) is 6.65. The molecule has 1 heterocycles. The van der Waals surface area contributed by atoms with E-state index in [2.05, 4.69) is 42.7 Å². The minimum Gasteiger partial charge on any atom is -0.341 e. The summed E-state index contributed by atoms with van der Waals surface area (Å²) in [5.74, 6) is 0.118. The van der Waals surface area contributed by atoms with Crippen LogP contribution in [-0.4, -0.2) is 10.4 Å². The topological polar surface area (TPSA) is 22.0 Å². The predicted molar refractivity (Wildman–Crippen MR) is 79.9 cm³/mol. The van der Waals surface area contributed by atoms with E-state index in [0.29, 0.717) is 0 Å². The molecular weight excluding hydrogens is 234 g/mol. The molecule has 96 valence electrons. The molecule has 0 saturated heterocycles. The van der Waals surface area contributed by atoms with Crippen LogP contribution in [0.3, 0.4) is 0 Å². The van der Waals surface area contributed by atoms with Crippen molar-refractivity contribution in [3.63, 3.8) is 0 Å². The van der Waals surface area contributed by atoms with E-state index in [1.807, 2.05) is 12.1 Å². The Kier molecular flexibility index (Phi) is 2.67. The number of aromatic nitrogens is 1. The Bertz CT molecular complexity index is 796. The molecule has 3 rings (SSSR count). The third-order valence-electron chi connectivity index (χ3n) is 3.74. The zero-order valence-corrected chi connectivity index (χ0v) is 11.5. The molecule has 0 spiro atoms. The van der Waals surface area contributed by atoms with Gasteiger partial charge < -0.3 is 4.57 Å². The number of benzene rings is 2. The number of hydrogen-bond acceptors (Lipinski definition) is 1. The molecule has 0 N–H and O–H groups in total. The lowest BCUT2D eigenvalue weighted by Gasteiger charge is -2.03. The summed E-state index contributed by atoms with van der Waals surface area (Å²) >= 11 is 0. The molecule has 2 heteroatoms. The maximum absolute atomic E-state index is 11.6. The van der Waals surface area contributed by atoms with Crippen molar-refractivity contribution in [2.75, 3.05) is 0 Å². The average molecular weight is 251 g/mol. The SMILES string of the molecule is CCn1c2ccc(C)cc2c2cc(C(C)=O)ccc21. The van der Waals surface area contributed by atoms with Gasteiger partial charge in [0.25, 0.3) is 0 Å². The maximum atomic E-state index is 11.6. The van der Waals surface area contributed by atoms with Crippen LogP contribution in [0.2, 0.25) is 0 Å². The highest BCUT2D eigenvalue weighted by molar-refractivity contribution is 6.10. The number of hydrogen-bond donors (Lipinski definition) is 0. The molecule has 1 aromatic heterocycles. The van der Waals surface area contributed by atoms with Crippen LogP contribution >= 0.6 is 0 Å². The van der Waals surface area contributed by atoms with E-state index in [0.717, 1.165) is 12.1 Å². The van der Waals surface area contributed by atoms with E-state index >= 15 is 0 Å². The molecule has 2 aromatic carbocycles. The summed E-state index contributed by atoms with van der Waals surface area (Å²) in [6, 6.07) is 12.5. The van der Waals surface area contributed by atoms with Crippen molar-refractivity contribution in [2.24, 2.45) is 0 Å². The highest BCUT2D eigenvalue weighted by Gasteiger charge is 2.11. The minimum atomic E-state index is 0.118. The first-order chi connectivity index (χ1) is 9.11. The molecule has 19 heavy (non-hydrogen) atoms. The van der Waals surface area contributed by atoms with Crippen molar-refractivity contribution >= 4 is 27.6 Å². The molecule has 0 radical (unpaired) electrons. The van der Waals surface area contributed by atoms with Gasteiger partial charge in [-0.15, -0.1) is 0 Å². The number of rotatable bonds is 2. The van der Waals surface area contributed by atoms with Crippen molar-refractivity contribution in [3.8, 4) is 0 Å². The van der Waals surface area contributed by atoms with E-state index in [-0.39, 0.29) is 5.78 Å². The fourth-order valence-corrected chi connectivity index (χ4v) is 2.78. The molecule has 3 aromatic rings. The Morgan fingerprint density at radius 1 is 1.05 bits per heavy atom. The quantitative estimate of drug-likeness (QED) is 0.621. The lowest BCUT2D eigenvalue weighted by atomic mass is 10.1. The van der Waals surface area contributed by atoms with E-state index < -0.39 is 0 Å². The third-order valence-corrected chi connectivity index (χ3v) is 3.74. The van der Waals surface area contributed by atoms with Gasteiger partial charge in [0.05, 0.1) is 0 Å². The number of carbonyl (C=O) groups is 1. The van der Waals surface area contributed by atoms with Crippen LogP contribution in [0.4, 0.5) is 0 Å². The first-order valence-corrected chi connectivity index (χ1v) is 6.65. The molecule has 0 amide bonds. The molecule has 2 nitrogen and oxygen atoms in total. The van der Waals surface area contributed by atoms with Gasteiger partial charge >= 0.3 is 0 Å². The van der Waals surface area contributed by atoms with Gasteiger partial charge in [-0.05, 0) is 51.1 Å². The van der Waals surface area contributed by atoms with E-state index in [1.54, 1.807) is 6.92 Å².